The smallest absolute Gasteiger partial charge is 0.341 e. The number of aryl methyl sites for hydroxylation is 1. The van der Waals surface area contributed by atoms with Gasteiger partial charge in [0, 0.05) is 16.0 Å². The molecule has 0 atom stereocenters. The van der Waals surface area contributed by atoms with Crippen molar-refractivity contribution in [2.45, 2.75) is 6.92 Å². The fourth-order valence-corrected chi connectivity index (χ4v) is 2.79. The van der Waals surface area contributed by atoms with Crippen LogP contribution in [0.1, 0.15) is 15.2 Å². The van der Waals surface area contributed by atoms with Crippen molar-refractivity contribution < 1.29 is 13.9 Å². The minimum absolute atomic E-state index is 0.241. The van der Waals surface area contributed by atoms with Gasteiger partial charge < -0.3 is 10.5 Å². The van der Waals surface area contributed by atoms with E-state index in [0.717, 1.165) is 4.88 Å². The van der Waals surface area contributed by atoms with Crippen LogP contribution in [-0.2, 0) is 4.74 Å². The summed E-state index contributed by atoms with van der Waals surface area (Å²) >= 11 is 1.25. The number of esters is 1. The summed E-state index contributed by atoms with van der Waals surface area (Å²) in [7, 11) is 1.28. The maximum atomic E-state index is 13.8. The SMILES string of the molecule is COC(=O)c1c(N)sc(C)c1-c1ccccc1F. The second-order valence-corrected chi connectivity index (χ2v) is 5.00. The first-order valence-corrected chi connectivity index (χ1v) is 6.10. The van der Waals surface area contributed by atoms with Crippen molar-refractivity contribution in [2.24, 2.45) is 0 Å². The zero-order chi connectivity index (χ0) is 13.3. The van der Waals surface area contributed by atoms with Gasteiger partial charge in [-0.05, 0) is 13.0 Å². The Labute approximate surface area is 108 Å². The van der Waals surface area contributed by atoms with Gasteiger partial charge in [0.05, 0.1) is 7.11 Å². The number of benzene rings is 1. The standard InChI is InChI=1S/C13H12FNO2S/c1-7-10(8-5-3-4-6-9(8)14)11(12(15)18-7)13(16)17-2/h3-6H,15H2,1-2H3. The number of nitrogen functional groups attached to an aromatic ring is 1. The molecule has 0 aliphatic heterocycles. The van der Waals surface area contributed by atoms with Crippen molar-refractivity contribution in [3.63, 3.8) is 0 Å². The summed E-state index contributed by atoms with van der Waals surface area (Å²) < 4.78 is 18.5. The molecule has 1 aromatic carbocycles. The Morgan fingerprint density at radius 2 is 2.06 bits per heavy atom. The molecule has 0 radical (unpaired) electrons. The molecule has 2 rings (SSSR count). The van der Waals surface area contributed by atoms with Crippen LogP contribution in [0.25, 0.3) is 11.1 Å². The molecule has 0 aliphatic rings. The highest BCUT2D eigenvalue weighted by Crippen LogP contribution is 2.39. The highest BCUT2D eigenvalue weighted by atomic mass is 32.1. The van der Waals surface area contributed by atoms with E-state index in [1.807, 2.05) is 0 Å². The van der Waals surface area contributed by atoms with Gasteiger partial charge in [0.25, 0.3) is 0 Å². The Kier molecular flexibility index (Phi) is 3.34. The van der Waals surface area contributed by atoms with Crippen LogP contribution in [0.5, 0.6) is 0 Å². The van der Waals surface area contributed by atoms with Crippen LogP contribution in [0, 0.1) is 12.7 Å². The van der Waals surface area contributed by atoms with E-state index in [1.54, 1.807) is 25.1 Å². The van der Waals surface area contributed by atoms with E-state index in [0.29, 0.717) is 16.1 Å². The van der Waals surface area contributed by atoms with E-state index in [4.69, 9.17) is 10.5 Å². The largest absolute Gasteiger partial charge is 0.465 e. The zero-order valence-electron chi connectivity index (χ0n) is 9.99. The first-order valence-electron chi connectivity index (χ1n) is 5.28. The highest BCUT2D eigenvalue weighted by Gasteiger charge is 2.23. The van der Waals surface area contributed by atoms with Crippen LogP contribution in [0.4, 0.5) is 9.39 Å². The molecule has 0 saturated carbocycles. The van der Waals surface area contributed by atoms with Crippen LogP contribution in [0.3, 0.4) is 0 Å². The second kappa shape index (κ2) is 4.78. The van der Waals surface area contributed by atoms with Gasteiger partial charge in [-0.2, -0.15) is 0 Å². The van der Waals surface area contributed by atoms with Gasteiger partial charge in [-0.1, -0.05) is 18.2 Å². The lowest BCUT2D eigenvalue weighted by atomic mass is 10.0. The number of methoxy groups -OCH3 is 1. The fourth-order valence-electron chi connectivity index (χ4n) is 1.86. The number of carbonyl (C=O) groups excluding carboxylic acids is 1. The van der Waals surface area contributed by atoms with Crippen molar-refractivity contribution in [1.82, 2.24) is 0 Å². The molecule has 0 aliphatic carbocycles. The summed E-state index contributed by atoms with van der Waals surface area (Å²) in [6.07, 6.45) is 0. The molecule has 3 nitrogen and oxygen atoms in total. The number of rotatable bonds is 2. The van der Waals surface area contributed by atoms with Crippen LogP contribution in [-0.4, -0.2) is 13.1 Å². The molecule has 2 N–H and O–H groups in total. The molecule has 1 aromatic heterocycles. The maximum absolute atomic E-state index is 13.8. The summed E-state index contributed by atoms with van der Waals surface area (Å²) in [6.45, 7) is 1.80. The fraction of sp³-hybridized carbons (Fsp3) is 0.154. The average Bonchev–Trinajstić information content (AvgIpc) is 2.64. The number of hydrogen-bond donors (Lipinski definition) is 1. The maximum Gasteiger partial charge on any atom is 0.341 e. The van der Waals surface area contributed by atoms with Gasteiger partial charge in [-0.25, -0.2) is 9.18 Å². The molecular formula is C13H12FNO2S. The normalized spacial score (nSPS) is 10.4. The summed E-state index contributed by atoms with van der Waals surface area (Å²) in [6, 6.07) is 6.29. The predicted molar refractivity (Wildman–Crippen MR) is 70.2 cm³/mol. The van der Waals surface area contributed by atoms with Crippen molar-refractivity contribution in [3.05, 3.63) is 40.5 Å². The van der Waals surface area contributed by atoms with E-state index >= 15 is 0 Å². The monoisotopic (exact) mass is 265 g/mol. The Bertz CT molecular complexity index is 607. The van der Waals surface area contributed by atoms with Crippen molar-refractivity contribution >= 4 is 22.3 Å². The van der Waals surface area contributed by atoms with Crippen molar-refractivity contribution in [3.8, 4) is 11.1 Å². The Hall–Kier alpha value is -1.88. The first-order chi connectivity index (χ1) is 8.56. The molecule has 1 heterocycles. The number of nitrogens with two attached hydrogens (primary N) is 1. The second-order valence-electron chi connectivity index (χ2n) is 3.74. The summed E-state index contributed by atoms with van der Waals surface area (Å²) in [5.74, 6) is -0.932. The molecular weight excluding hydrogens is 253 g/mol. The third-order valence-electron chi connectivity index (χ3n) is 2.64. The molecule has 0 unspecified atom stereocenters. The topological polar surface area (TPSA) is 52.3 Å². The Morgan fingerprint density at radius 1 is 1.39 bits per heavy atom. The minimum atomic E-state index is -0.546. The summed E-state index contributed by atoms with van der Waals surface area (Å²) in [5.41, 5.74) is 6.92. The summed E-state index contributed by atoms with van der Waals surface area (Å²) in [4.78, 5) is 12.5. The zero-order valence-corrected chi connectivity index (χ0v) is 10.8. The molecule has 0 fully saturated rings. The van der Waals surface area contributed by atoms with Crippen molar-refractivity contribution in [1.29, 1.82) is 0 Å². The lowest BCUT2D eigenvalue weighted by Gasteiger charge is -2.06. The number of hydrogen-bond acceptors (Lipinski definition) is 4. The van der Waals surface area contributed by atoms with Gasteiger partial charge in [-0.15, -0.1) is 11.3 Å². The number of anilines is 1. The molecule has 5 heteroatoms. The van der Waals surface area contributed by atoms with Gasteiger partial charge in [-0.3, -0.25) is 0 Å². The Morgan fingerprint density at radius 3 is 2.67 bits per heavy atom. The Balaban J connectivity index is 2.72. The minimum Gasteiger partial charge on any atom is -0.465 e. The number of halogens is 1. The van der Waals surface area contributed by atoms with E-state index in [2.05, 4.69) is 0 Å². The predicted octanol–water partition coefficient (Wildman–Crippen LogP) is 3.23. The van der Waals surface area contributed by atoms with Crippen LogP contribution >= 0.6 is 11.3 Å². The third kappa shape index (κ3) is 1.97. The van der Waals surface area contributed by atoms with Crippen molar-refractivity contribution in [2.75, 3.05) is 12.8 Å². The number of ether oxygens (including phenoxy) is 1. The van der Waals surface area contributed by atoms with E-state index in [9.17, 15) is 9.18 Å². The highest BCUT2D eigenvalue weighted by molar-refractivity contribution is 7.16. The lowest BCUT2D eigenvalue weighted by molar-refractivity contribution is 0.0603. The average molecular weight is 265 g/mol. The third-order valence-corrected chi connectivity index (χ3v) is 3.58. The molecule has 0 spiro atoms. The molecule has 94 valence electrons. The van der Waals surface area contributed by atoms with Crippen LogP contribution < -0.4 is 5.73 Å². The quantitative estimate of drug-likeness (QED) is 0.848. The summed E-state index contributed by atoms with van der Waals surface area (Å²) in [5, 5.41) is 0.345. The molecule has 0 bridgehead atoms. The molecule has 0 amide bonds. The number of thiophene rings is 1. The first kappa shape index (κ1) is 12.6. The van der Waals surface area contributed by atoms with Gasteiger partial charge >= 0.3 is 5.97 Å². The lowest BCUT2D eigenvalue weighted by Crippen LogP contribution is -2.05. The molecule has 2 aromatic rings. The van der Waals surface area contributed by atoms with E-state index < -0.39 is 5.97 Å². The number of carbonyl (C=O) groups is 1. The van der Waals surface area contributed by atoms with Gasteiger partial charge in [0.15, 0.2) is 0 Å². The van der Waals surface area contributed by atoms with Crippen LogP contribution in [0.15, 0.2) is 24.3 Å². The van der Waals surface area contributed by atoms with E-state index in [1.165, 1.54) is 24.5 Å². The van der Waals surface area contributed by atoms with Gasteiger partial charge in [0.1, 0.15) is 16.4 Å². The van der Waals surface area contributed by atoms with E-state index in [-0.39, 0.29) is 11.4 Å². The van der Waals surface area contributed by atoms with Crippen LogP contribution in [0.2, 0.25) is 0 Å². The van der Waals surface area contributed by atoms with Gasteiger partial charge in [0.2, 0.25) is 0 Å². The molecule has 18 heavy (non-hydrogen) atoms. The molecule has 0 saturated heterocycles.